The average Bonchev–Trinajstić information content (AvgIpc) is 3.41. The van der Waals surface area contributed by atoms with Crippen LogP contribution >= 0.6 is 11.5 Å². The van der Waals surface area contributed by atoms with Crippen molar-refractivity contribution in [2.75, 3.05) is 13.1 Å². The van der Waals surface area contributed by atoms with E-state index in [1.807, 2.05) is 31.7 Å². The number of carbonyl (C=O) groups is 1. The van der Waals surface area contributed by atoms with Crippen molar-refractivity contribution in [3.63, 3.8) is 0 Å². The smallest absolute Gasteiger partial charge is 0.222 e. The maximum atomic E-state index is 12.8. The van der Waals surface area contributed by atoms with Crippen molar-refractivity contribution in [1.82, 2.24) is 24.8 Å². The maximum Gasteiger partial charge on any atom is 0.222 e. The third-order valence-electron chi connectivity index (χ3n) is 5.30. The Bertz CT molecular complexity index is 957. The molecule has 0 saturated carbocycles. The molecule has 0 aromatic carbocycles. The lowest BCUT2D eigenvalue weighted by Gasteiger charge is -2.32. The summed E-state index contributed by atoms with van der Waals surface area (Å²) in [6.45, 7) is 7.13. The van der Waals surface area contributed by atoms with Crippen molar-refractivity contribution in [2.45, 2.75) is 52.4 Å². The van der Waals surface area contributed by atoms with E-state index in [-0.39, 0.29) is 11.8 Å². The first-order chi connectivity index (χ1) is 13.5. The van der Waals surface area contributed by atoms with Gasteiger partial charge in [-0.25, -0.2) is 0 Å². The molecule has 0 N–H and O–H groups in total. The Morgan fingerprint density at radius 3 is 2.86 bits per heavy atom. The molecule has 3 aromatic heterocycles. The van der Waals surface area contributed by atoms with Gasteiger partial charge in [0.25, 0.3) is 0 Å². The Morgan fingerprint density at radius 2 is 2.14 bits per heavy atom. The molecule has 1 saturated heterocycles. The van der Waals surface area contributed by atoms with E-state index in [1.54, 1.807) is 0 Å². The zero-order chi connectivity index (χ0) is 19.7. The maximum absolute atomic E-state index is 12.8. The number of piperidine rings is 1. The van der Waals surface area contributed by atoms with Crippen molar-refractivity contribution in [3.8, 4) is 10.6 Å². The molecule has 0 bridgehead atoms. The van der Waals surface area contributed by atoms with Crippen molar-refractivity contribution in [2.24, 2.45) is 0 Å². The van der Waals surface area contributed by atoms with E-state index in [4.69, 9.17) is 9.05 Å². The average molecular weight is 401 g/mol. The summed E-state index contributed by atoms with van der Waals surface area (Å²) in [5, 5.41) is 12.3. The summed E-state index contributed by atoms with van der Waals surface area (Å²) in [4.78, 5) is 15.7. The SMILES string of the molecule is Cc1cc(-c2snnc2[C@@H]2CCCN(C(=O)CCc3c(C)noc3C)C2)on1. The fourth-order valence-corrected chi connectivity index (χ4v) is 4.48. The van der Waals surface area contributed by atoms with E-state index < -0.39 is 0 Å². The fourth-order valence-electron chi connectivity index (χ4n) is 3.78. The summed E-state index contributed by atoms with van der Waals surface area (Å²) in [5.74, 6) is 1.81. The van der Waals surface area contributed by atoms with E-state index in [0.717, 1.165) is 52.7 Å². The summed E-state index contributed by atoms with van der Waals surface area (Å²) < 4.78 is 14.7. The quantitative estimate of drug-likeness (QED) is 0.646. The van der Waals surface area contributed by atoms with Crippen molar-refractivity contribution in [3.05, 3.63) is 34.5 Å². The van der Waals surface area contributed by atoms with Gasteiger partial charge in [0.2, 0.25) is 5.91 Å². The molecule has 8 nitrogen and oxygen atoms in total. The number of aromatic nitrogens is 4. The Morgan fingerprint density at radius 1 is 1.29 bits per heavy atom. The van der Waals surface area contributed by atoms with Gasteiger partial charge in [-0.1, -0.05) is 14.8 Å². The Hall–Kier alpha value is -2.55. The zero-order valence-electron chi connectivity index (χ0n) is 16.3. The van der Waals surface area contributed by atoms with Crippen molar-refractivity contribution >= 4 is 17.4 Å². The first-order valence-electron chi connectivity index (χ1n) is 9.48. The predicted molar refractivity (Wildman–Crippen MR) is 103 cm³/mol. The van der Waals surface area contributed by atoms with Crippen LogP contribution in [0.15, 0.2) is 15.1 Å². The molecular weight excluding hydrogens is 378 g/mol. The van der Waals surface area contributed by atoms with Gasteiger partial charge in [0.05, 0.1) is 17.1 Å². The third-order valence-corrected chi connectivity index (χ3v) is 6.05. The second kappa shape index (κ2) is 7.83. The van der Waals surface area contributed by atoms with Gasteiger partial charge >= 0.3 is 0 Å². The molecule has 4 heterocycles. The summed E-state index contributed by atoms with van der Waals surface area (Å²) >= 11 is 1.32. The van der Waals surface area contributed by atoms with Crippen LogP contribution in [0.2, 0.25) is 0 Å². The summed E-state index contributed by atoms with van der Waals surface area (Å²) in [7, 11) is 0. The first-order valence-corrected chi connectivity index (χ1v) is 10.3. The Labute approximate surface area is 167 Å². The van der Waals surface area contributed by atoms with Gasteiger partial charge in [-0.15, -0.1) is 5.10 Å². The topological polar surface area (TPSA) is 98.2 Å². The van der Waals surface area contributed by atoms with Crippen LogP contribution < -0.4 is 0 Å². The second-order valence-electron chi connectivity index (χ2n) is 7.30. The van der Waals surface area contributed by atoms with Gasteiger partial charge in [-0.3, -0.25) is 4.79 Å². The highest BCUT2D eigenvalue weighted by Gasteiger charge is 2.30. The summed E-state index contributed by atoms with van der Waals surface area (Å²) in [6, 6.07) is 1.90. The molecule has 1 fully saturated rings. The van der Waals surface area contributed by atoms with Gasteiger partial charge in [0, 0.05) is 37.1 Å². The molecule has 0 spiro atoms. The molecule has 0 radical (unpaired) electrons. The lowest BCUT2D eigenvalue weighted by molar-refractivity contribution is -0.132. The monoisotopic (exact) mass is 401 g/mol. The van der Waals surface area contributed by atoms with Crippen LogP contribution in [0.1, 0.15) is 53.6 Å². The molecule has 3 aromatic rings. The van der Waals surface area contributed by atoms with E-state index in [1.165, 1.54) is 11.5 Å². The fraction of sp³-hybridized carbons (Fsp3) is 0.526. The van der Waals surface area contributed by atoms with Crippen molar-refractivity contribution in [1.29, 1.82) is 0 Å². The third kappa shape index (κ3) is 3.71. The second-order valence-corrected chi connectivity index (χ2v) is 8.06. The minimum absolute atomic E-state index is 0.157. The Kier molecular flexibility index (Phi) is 5.25. The normalized spacial score (nSPS) is 17.2. The molecule has 0 aliphatic carbocycles. The minimum atomic E-state index is 0.157. The van der Waals surface area contributed by atoms with Gasteiger partial charge in [-0.05, 0) is 51.6 Å². The van der Waals surface area contributed by atoms with Crippen LogP contribution in [0.25, 0.3) is 10.6 Å². The van der Waals surface area contributed by atoms with Gasteiger partial charge in [0.1, 0.15) is 10.6 Å². The molecule has 9 heteroatoms. The number of carbonyl (C=O) groups excluding carboxylic acids is 1. The van der Waals surface area contributed by atoms with E-state index in [2.05, 4.69) is 19.9 Å². The Balaban J connectivity index is 1.44. The number of hydrogen-bond donors (Lipinski definition) is 0. The highest BCUT2D eigenvalue weighted by Crippen LogP contribution is 2.35. The lowest BCUT2D eigenvalue weighted by atomic mass is 9.93. The number of rotatable bonds is 5. The molecule has 0 unspecified atom stereocenters. The molecule has 1 aliphatic rings. The lowest BCUT2D eigenvalue weighted by Crippen LogP contribution is -2.39. The number of amides is 1. The molecule has 148 valence electrons. The van der Waals surface area contributed by atoms with Gasteiger partial charge in [0.15, 0.2) is 5.76 Å². The van der Waals surface area contributed by atoms with Crippen LogP contribution in [0.3, 0.4) is 0 Å². The molecule has 4 rings (SSSR count). The summed E-state index contributed by atoms with van der Waals surface area (Å²) in [5.41, 5.74) is 3.63. The molecular formula is C19H23N5O3S. The largest absolute Gasteiger partial charge is 0.361 e. The molecule has 28 heavy (non-hydrogen) atoms. The number of hydrogen-bond acceptors (Lipinski definition) is 8. The zero-order valence-corrected chi connectivity index (χ0v) is 17.1. The highest BCUT2D eigenvalue weighted by molar-refractivity contribution is 7.09. The van der Waals surface area contributed by atoms with E-state index >= 15 is 0 Å². The van der Waals surface area contributed by atoms with Gasteiger partial charge in [-0.2, -0.15) is 0 Å². The first kappa shape index (κ1) is 18.8. The van der Waals surface area contributed by atoms with E-state index in [9.17, 15) is 4.79 Å². The van der Waals surface area contributed by atoms with Gasteiger partial charge < -0.3 is 13.9 Å². The minimum Gasteiger partial charge on any atom is -0.361 e. The highest BCUT2D eigenvalue weighted by atomic mass is 32.1. The van der Waals surface area contributed by atoms with Crippen LogP contribution in [0.4, 0.5) is 0 Å². The van der Waals surface area contributed by atoms with Crippen LogP contribution in [0, 0.1) is 20.8 Å². The summed E-state index contributed by atoms with van der Waals surface area (Å²) in [6.07, 6.45) is 3.05. The number of nitrogens with zero attached hydrogens (tertiary/aromatic N) is 5. The number of likely N-dealkylation sites (tertiary alicyclic amines) is 1. The molecule has 1 aliphatic heterocycles. The molecule has 1 atom stereocenters. The van der Waals surface area contributed by atoms with Crippen LogP contribution in [-0.2, 0) is 11.2 Å². The number of aryl methyl sites for hydroxylation is 3. The van der Waals surface area contributed by atoms with E-state index in [0.29, 0.717) is 25.1 Å². The van der Waals surface area contributed by atoms with Crippen LogP contribution in [-0.4, -0.2) is 43.8 Å². The van der Waals surface area contributed by atoms with Crippen molar-refractivity contribution < 1.29 is 13.8 Å². The molecule has 1 amide bonds. The predicted octanol–water partition coefficient (Wildman–Crippen LogP) is 3.45. The standard InChI is InChI=1S/C19H23N5O3S/c1-11-9-16(27-21-11)19-18(20-23-28-19)14-5-4-8-24(10-14)17(25)7-6-15-12(2)22-26-13(15)3/h9,14H,4-8,10H2,1-3H3/t14-/m1/s1. The van der Waals surface area contributed by atoms with Crippen LogP contribution in [0.5, 0.6) is 0 Å².